The summed E-state index contributed by atoms with van der Waals surface area (Å²) in [5, 5.41) is 0. The Labute approximate surface area is 90.2 Å². The molecule has 3 nitrogen and oxygen atoms in total. The number of hydrogen-bond acceptors (Lipinski definition) is 2. The van der Waals surface area contributed by atoms with Gasteiger partial charge in [-0.2, -0.15) is 0 Å². The smallest absolute Gasteiger partial charge is 0.369 e. The predicted octanol–water partition coefficient (Wildman–Crippen LogP) is 1.27. The lowest BCUT2D eigenvalue weighted by Crippen LogP contribution is -2.57. The van der Waals surface area contributed by atoms with Gasteiger partial charge >= 0.3 is 5.97 Å². The van der Waals surface area contributed by atoms with Crippen LogP contribution >= 0.6 is 0 Å². The molecule has 0 saturated heterocycles. The minimum atomic E-state index is -0.434. The summed E-state index contributed by atoms with van der Waals surface area (Å²) in [6.45, 7) is 4.27. The van der Waals surface area contributed by atoms with Crippen LogP contribution in [0, 0.1) is 0 Å². The first kappa shape index (κ1) is 11.7. The van der Waals surface area contributed by atoms with E-state index in [9.17, 15) is 4.79 Å². The molecule has 1 aromatic rings. The fourth-order valence-corrected chi connectivity index (χ4v) is 1.39. The summed E-state index contributed by atoms with van der Waals surface area (Å²) in [5.74, 6) is 0.202. The molecule has 0 heterocycles. The lowest BCUT2D eigenvalue weighted by atomic mass is 9.99. The van der Waals surface area contributed by atoms with Crippen molar-refractivity contribution in [2.45, 2.75) is 25.8 Å². The molecule has 0 bridgehead atoms. The summed E-state index contributed by atoms with van der Waals surface area (Å²) < 4.78 is 4.64. The maximum atomic E-state index is 11.2. The number of quaternary nitrogens is 1. The summed E-state index contributed by atoms with van der Waals surface area (Å²) in [4.78, 5) is 11.2. The van der Waals surface area contributed by atoms with Gasteiger partial charge in [-0.3, -0.25) is 0 Å². The number of ether oxygens (including phenoxy) is 1. The molecule has 0 aliphatic carbocycles. The molecule has 82 valence electrons. The first-order valence-electron chi connectivity index (χ1n) is 5.07. The van der Waals surface area contributed by atoms with Crippen LogP contribution in [-0.2, 0) is 9.53 Å². The second-order valence-corrected chi connectivity index (χ2v) is 3.90. The number of methoxy groups -OCH3 is 1. The van der Waals surface area contributed by atoms with Gasteiger partial charge in [-0.1, -0.05) is 38.1 Å². The molecule has 3 N–H and O–H groups in total. The van der Waals surface area contributed by atoms with E-state index < -0.39 is 6.04 Å². The van der Waals surface area contributed by atoms with E-state index in [1.165, 1.54) is 12.7 Å². The molecule has 0 amide bonds. The van der Waals surface area contributed by atoms with Crippen LogP contribution in [0.4, 0.5) is 0 Å². The minimum absolute atomic E-state index is 0.299. The molecule has 0 saturated carbocycles. The molecule has 1 unspecified atom stereocenters. The molecule has 3 heteroatoms. The standard InChI is InChI=1S/C12H17NO2/c1-8(2)9-4-6-10(7-5-9)11(13)12(14)15-3/h4-8,11H,13H2,1-3H3/p+1. The Balaban J connectivity index is 2.84. The van der Waals surface area contributed by atoms with Crippen LogP contribution in [0.3, 0.4) is 0 Å². The highest BCUT2D eigenvalue weighted by atomic mass is 16.5. The van der Waals surface area contributed by atoms with Crippen molar-refractivity contribution in [3.05, 3.63) is 35.4 Å². The zero-order chi connectivity index (χ0) is 11.4. The van der Waals surface area contributed by atoms with E-state index in [0.717, 1.165) is 5.56 Å². The predicted molar refractivity (Wildman–Crippen MR) is 58.2 cm³/mol. The average molecular weight is 208 g/mol. The van der Waals surface area contributed by atoms with Crippen molar-refractivity contribution < 1.29 is 15.3 Å². The van der Waals surface area contributed by atoms with Crippen LogP contribution in [0.1, 0.15) is 36.9 Å². The molecule has 0 aliphatic heterocycles. The number of rotatable bonds is 3. The van der Waals surface area contributed by atoms with Crippen LogP contribution in [0.2, 0.25) is 0 Å². The summed E-state index contributed by atoms with van der Waals surface area (Å²) in [6, 6.07) is 7.49. The number of carbonyl (C=O) groups is 1. The van der Waals surface area contributed by atoms with E-state index in [4.69, 9.17) is 0 Å². The number of carbonyl (C=O) groups excluding carboxylic acids is 1. The molecular formula is C12H18NO2+. The van der Waals surface area contributed by atoms with Crippen molar-refractivity contribution >= 4 is 5.97 Å². The monoisotopic (exact) mass is 208 g/mol. The van der Waals surface area contributed by atoms with Crippen molar-refractivity contribution in [3.8, 4) is 0 Å². The highest BCUT2D eigenvalue weighted by Crippen LogP contribution is 2.17. The SMILES string of the molecule is COC(=O)C([NH3+])c1ccc(C(C)C)cc1. The fourth-order valence-electron chi connectivity index (χ4n) is 1.39. The van der Waals surface area contributed by atoms with Crippen LogP contribution in [0.5, 0.6) is 0 Å². The topological polar surface area (TPSA) is 53.9 Å². The first-order chi connectivity index (χ1) is 7.06. The van der Waals surface area contributed by atoms with Gasteiger partial charge in [-0.25, -0.2) is 4.79 Å². The summed E-state index contributed by atoms with van der Waals surface area (Å²) in [6.07, 6.45) is 0. The first-order valence-corrected chi connectivity index (χ1v) is 5.07. The van der Waals surface area contributed by atoms with Crippen molar-refractivity contribution in [2.24, 2.45) is 0 Å². The zero-order valence-corrected chi connectivity index (χ0v) is 9.49. The second-order valence-electron chi connectivity index (χ2n) is 3.90. The molecule has 15 heavy (non-hydrogen) atoms. The molecule has 0 spiro atoms. The molecule has 1 aromatic carbocycles. The quantitative estimate of drug-likeness (QED) is 0.760. The minimum Gasteiger partial charge on any atom is -0.464 e. The van der Waals surface area contributed by atoms with Crippen LogP contribution < -0.4 is 5.73 Å². The molecule has 0 aliphatic rings. The highest BCUT2D eigenvalue weighted by molar-refractivity contribution is 5.75. The van der Waals surface area contributed by atoms with Crippen LogP contribution in [-0.4, -0.2) is 13.1 Å². The average Bonchev–Trinajstić information content (AvgIpc) is 2.27. The largest absolute Gasteiger partial charge is 0.464 e. The van der Waals surface area contributed by atoms with Gasteiger partial charge in [0, 0.05) is 5.56 Å². The number of esters is 1. The van der Waals surface area contributed by atoms with Gasteiger partial charge < -0.3 is 10.5 Å². The fraction of sp³-hybridized carbons (Fsp3) is 0.417. The maximum Gasteiger partial charge on any atom is 0.369 e. The second kappa shape index (κ2) is 4.94. The Kier molecular flexibility index (Phi) is 3.86. The van der Waals surface area contributed by atoms with E-state index >= 15 is 0 Å². The lowest BCUT2D eigenvalue weighted by Gasteiger charge is -2.09. The highest BCUT2D eigenvalue weighted by Gasteiger charge is 2.19. The van der Waals surface area contributed by atoms with E-state index in [-0.39, 0.29) is 5.97 Å². The van der Waals surface area contributed by atoms with Gasteiger partial charge in [0.05, 0.1) is 7.11 Å². The molecule has 1 rings (SSSR count). The van der Waals surface area contributed by atoms with Crippen molar-refractivity contribution in [2.75, 3.05) is 7.11 Å². The van der Waals surface area contributed by atoms with Gasteiger partial charge in [0.1, 0.15) is 0 Å². The van der Waals surface area contributed by atoms with Gasteiger partial charge in [0.25, 0.3) is 0 Å². The number of hydrogen-bond donors (Lipinski definition) is 1. The Bertz CT molecular complexity index is 330. The van der Waals surface area contributed by atoms with E-state index in [0.29, 0.717) is 5.92 Å². The third-order valence-electron chi connectivity index (χ3n) is 2.49. The Morgan fingerprint density at radius 1 is 1.20 bits per heavy atom. The molecular weight excluding hydrogens is 190 g/mol. The van der Waals surface area contributed by atoms with Crippen molar-refractivity contribution in [1.82, 2.24) is 0 Å². The normalized spacial score (nSPS) is 12.6. The van der Waals surface area contributed by atoms with E-state index in [1.54, 1.807) is 0 Å². The van der Waals surface area contributed by atoms with E-state index in [2.05, 4.69) is 24.3 Å². The van der Waals surface area contributed by atoms with E-state index in [1.807, 2.05) is 24.3 Å². The van der Waals surface area contributed by atoms with Gasteiger partial charge in [-0.15, -0.1) is 0 Å². The Hall–Kier alpha value is -1.35. The molecule has 0 aromatic heterocycles. The third-order valence-corrected chi connectivity index (χ3v) is 2.49. The van der Waals surface area contributed by atoms with Crippen molar-refractivity contribution in [3.63, 3.8) is 0 Å². The Morgan fingerprint density at radius 3 is 2.07 bits per heavy atom. The summed E-state index contributed by atoms with van der Waals surface area (Å²) in [5.41, 5.74) is 5.93. The summed E-state index contributed by atoms with van der Waals surface area (Å²) in [7, 11) is 1.38. The maximum absolute atomic E-state index is 11.2. The van der Waals surface area contributed by atoms with Gasteiger partial charge in [0.2, 0.25) is 6.04 Å². The third kappa shape index (κ3) is 2.80. The molecule has 0 radical (unpaired) electrons. The lowest BCUT2D eigenvalue weighted by molar-refractivity contribution is -0.414. The number of benzene rings is 1. The van der Waals surface area contributed by atoms with Crippen LogP contribution in [0.15, 0.2) is 24.3 Å². The zero-order valence-electron chi connectivity index (χ0n) is 9.49. The van der Waals surface area contributed by atoms with Crippen molar-refractivity contribution in [1.29, 1.82) is 0 Å². The van der Waals surface area contributed by atoms with Gasteiger partial charge in [0.15, 0.2) is 0 Å². The molecule has 0 fully saturated rings. The molecule has 1 atom stereocenters. The van der Waals surface area contributed by atoms with Crippen LogP contribution in [0.25, 0.3) is 0 Å². The van der Waals surface area contributed by atoms with Gasteiger partial charge in [-0.05, 0) is 11.5 Å². The Morgan fingerprint density at radius 2 is 1.67 bits per heavy atom. The summed E-state index contributed by atoms with van der Waals surface area (Å²) >= 11 is 0.